The van der Waals surface area contributed by atoms with Gasteiger partial charge in [0.25, 0.3) is 0 Å². The number of hydrogen-bond donors (Lipinski definition) is 2. The molecule has 92 valence electrons. The van der Waals surface area contributed by atoms with E-state index in [9.17, 15) is 14.7 Å². The number of primary amides is 1. The molecule has 1 aromatic carbocycles. The summed E-state index contributed by atoms with van der Waals surface area (Å²) in [5, 5.41) is 9.74. The summed E-state index contributed by atoms with van der Waals surface area (Å²) in [6, 6.07) is 4.98. The van der Waals surface area contributed by atoms with Crippen LogP contribution in [0.15, 0.2) is 18.2 Å². The van der Waals surface area contributed by atoms with Crippen LogP contribution in [0.3, 0.4) is 0 Å². The number of rotatable bonds is 5. The molecule has 17 heavy (non-hydrogen) atoms. The monoisotopic (exact) mass is 235 g/mol. The Bertz CT molecular complexity index is 438. The van der Waals surface area contributed by atoms with Gasteiger partial charge in [-0.15, -0.1) is 0 Å². The van der Waals surface area contributed by atoms with Crippen LogP contribution in [0.5, 0.6) is 5.75 Å². The average Bonchev–Trinajstić information content (AvgIpc) is 2.25. The summed E-state index contributed by atoms with van der Waals surface area (Å²) in [7, 11) is 0. The molecular formula is C13H17NO3. The second kappa shape index (κ2) is 5.48. The van der Waals surface area contributed by atoms with Crippen LogP contribution in [0.4, 0.5) is 0 Å². The number of carbonyl (C=O) groups excluding carboxylic acids is 2. The predicted octanol–water partition coefficient (Wildman–Crippen LogP) is 1.96. The highest BCUT2D eigenvalue weighted by Gasteiger charge is 2.13. The summed E-state index contributed by atoms with van der Waals surface area (Å²) in [6.45, 7) is 4.01. The Morgan fingerprint density at radius 1 is 1.29 bits per heavy atom. The first-order chi connectivity index (χ1) is 7.91. The SMILES string of the molecule is CC(C)c1ccc(C(=O)CCC(N)=O)c(O)c1. The van der Waals surface area contributed by atoms with Crippen LogP contribution < -0.4 is 5.73 Å². The van der Waals surface area contributed by atoms with Crippen LogP contribution in [0.2, 0.25) is 0 Å². The molecule has 0 aromatic heterocycles. The Morgan fingerprint density at radius 2 is 1.94 bits per heavy atom. The lowest BCUT2D eigenvalue weighted by Crippen LogP contribution is -2.12. The van der Waals surface area contributed by atoms with Gasteiger partial charge in [-0.2, -0.15) is 0 Å². The van der Waals surface area contributed by atoms with Crippen molar-refractivity contribution in [3.05, 3.63) is 29.3 Å². The molecule has 0 aliphatic rings. The van der Waals surface area contributed by atoms with E-state index in [1.165, 1.54) is 0 Å². The van der Waals surface area contributed by atoms with Gasteiger partial charge in [0.05, 0.1) is 5.56 Å². The number of carbonyl (C=O) groups is 2. The number of benzene rings is 1. The zero-order valence-electron chi connectivity index (χ0n) is 10.1. The molecule has 0 heterocycles. The molecule has 1 amide bonds. The first-order valence-electron chi connectivity index (χ1n) is 5.56. The van der Waals surface area contributed by atoms with Crippen LogP contribution >= 0.6 is 0 Å². The lowest BCUT2D eigenvalue weighted by Gasteiger charge is -2.08. The van der Waals surface area contributed by atoms with Gasteiger partial charge in [-0.3, -0.25) is 9.59 Å². The van der Waals surface area contributed by atoms with E-state index in [0.717, 1.165) is 5.56 Å². The van der Waals surface area contributed by atoms with Crippen molar-refractivity contribution in [3.8, 4) is 5.75 Å². The van der Waals surface area contributed by atoms with Gasteiger partial charge in [-0.05, 0) is 23.6 Å². The minimum Gasteiger partial charge on any atom is -0.507 e. The van der Waals surface area contributed by atoms with E-state index in [4.69, 9.17) is 5.73 Å². The van der Waals surface area contributed by atoms with Gasteiger partial charge in [0.2, 0.25) is 5.91 Å². The number of hydrogen-bond acceptors (Lipinski definition) is 3. The predicted molar refractivity (Wildman–Crippen MR) is 65.0 cm³/mol. The molecule has 3 N–H and O–H groups in total. The number of nitrogens with two attached hydrogens (primary N) is 1. The van der Waals surface area contributed by atoms with Crippen molar-refractivity contribution >= 4 is 11.7 Å². The average molecular weight is 235 g/mol. The number of phenolic OH excluding ortho intramolecular Hbond substituents is 1. The third-order valence-corrected chi connectivity index (χ3v) is 2.59. The van der Waals surface area contributed by atoms with Crippen molar-refractivity contribution in [2.45, 2.75) is 32.6 Å². The van der Waals surface area contributed by atoms with Crippen LogP contribution in [0.1, 0.15) is 48.5 Å². The van der Waals surface area contributed by atoms with Gasteiger partial charge < -0.3 is 10.8 Å². The number of ketones is 1. The summed E-state index contributed by atoms with van der Waals surface area (Å²) in [5.41, 5.74) is 6.18. The Balaban J connectivity index is 2.85. The standard InChI is InChI=1S/C13H17NO3/c1-8(2)9-3-4-10(12(16)7-9)11(15)5-6-13(14)17/h3-4,7-8,16H,5-6H2,1-2H3,(H2,14,17). The van der Waals surface area contributed by atoms with Gasteiger partial charge in [0.15, 0.2) is 5.78 Å². The molecule has 0 radical (unpaired) electrons. The van der Waals surface area contributed by atoms with E-state index in [0.29, 0.717) is 0 Å². The molecule has 0 saturated heterocycles. The van der Waals surface area contributed by atoms with Crippen molar-refractivity contribution in [1.82, 2.24) is 0 Å². The molecule has 0 aliphatic heterocycles. The topological polar surface area (TPSA) is 80.4 Å². The number of Topliss-reactive ketones (excluding diaryl/α,β-unsaturated/α-hetero) is 1. The number of phenols is 1. The molecule has 0 spiro atoms. The molecule has 1 aromatic rings. The van der Waals surface area contributed by atoms with E-state index in [-0.39, 0.29) is 35.9 Å². The van der Waals surface area contributed by atoms with E-state index < -0.39 is 5.91 Å². The Labute approximate surface area is 100 Å². The second-order valence-corrected chi connectivity index (χ2v) is 4.32. The van der Waals surface area contributed by atoms with Crippen molar-refractivity contribution in [2.24, 2.45) is 5.73 Å². The summed E-state index contributed by atoms with van der Waals surface area (Å²) in [4.78, 5) is 22.3. The van der Waals surface area contributed by atoms with E-state index in [1.807, 2.05) is 19.9 Å². The fraction of sp³-hybridized carbons (Fsp3) is 0.385. The molecule has 1 rings (SSSR count). The highest BCUT2D eigenvalue weighted by atomic mass is 16.3. The Hall–Kier alpha value is -1.84. The third kappa shape index (κ3) is 3.59. The van der Waals surface area contributed by atoms with E-state index >= 15 is 0 Å². The molecule has 0 unspecified atom stereocenters. The summed E-state index contributed by atoms with van der Waals surface area (Å²) in [6.07, 6.45) is 0.0358. The maximum absolute atomic E-state index is 11.7. The van der Waals surface area contributed by atoms with E-state index in [2.05, 4.69) is 0 Å². The fourth-order valence-corrected chi connectivity index (χ4v) is 1.51. The molecule has 0 saturated carbocycles. The highest BCUT2D eigenvalue weighted by Crippen LogP contribution is 2.24. The second-order valence-electron chi connectivity index (χ2n) is 4.32. The highest BCUT2D eigenvalue weighted by molar-refractivity contribution is 6.00. The molecule has 0 atom stereocenters. The smallest absolute Gasteiger partial charge is 0.217 e. The number of aromatic hydroxyl groups is 1. The molecule has 0 bridgehead atoms. The van der Waals surface area contributed by atoms with Gasteiger partial charge in [-0.1, -0.05) is 19.9 Å². The van der Waals surface area contributed by atoms with Gasteiger partial charge >= 0.3 is 0 Å². The van der Waals surface area contributed by atoms with Gasteiger partial charge in [0, 0.05) is 12.8 Å². The third-order valence-electron chi connectivity index (χ3n) is 2.59. The lowest BCUT2D eigenvalue weighted by molar-refractivity contribution is -0.118. The molecule has 4 heteroatoms. The van der Waals surface area contributed by atoms with Gasteiger partial charge in [-0.25, -0.2) is 0 Å². The largest absolute Gasteiger partial charge is 0.507 e. The molecular weight excluding hydrogens is 218 g/mol. The van der Waals surface area contributed by atoms with Crippen LogP contribution in [-0.4, -0.2) is 16.8 Å². The lowest BCUT2D eigenvalue weighted by atomic mass is 9.98. The summed E-state index contributed by atoms with van der Waals surface area (Å²) in [5.74, 6) is -0.533. The summed E-state index contributed by atoms with van der Waals surface area (Å²) >= 11 is 0. The fourth-order valence-electron chi connectivity index (χ4n) is 1.51. The minimum absolute atomic E-state index is 0.00417. The zero-order valence-corrected chi connectivity index (χ0v) is 10.1. The maximum Gasteiger partial charge on any atom is 0.217 e. The van der Waals surface area contributed by atoms with Gasteiger partial charge in [0.1, 0.15) is 5.75 Å². The Morgan fingerprint density at radius 3 is 2.41 bits per heavy atom. The quantitative estimate of drug-likeness (QED) is 0.765. The first-order valence-corrected chi connectivity index (χ1v) is 5.56. The molecule has 0 aliphatic carbocycles. The summed E-state index contributed by atoms with van der Waals surface area (Å²) < 4.78 is 0. The zero-order chi connectivity index (χ0) is 13.0. The van der Waals surface area contributed by atoms with Crippen molar-refractivity contribution in [2.75, 3.05) is 0 Å². The Kier molecular flexibility index (Phi) is 4.26. The van der Waals surface area contributed by atoms with Crippen LogP contribution in [0.25, 0.3) is 0 Å². The van der Waals surface area contributed by atoms with Crippen molar-refractivity contribution < 1.29 is 14.7 Å². The molecule has 0 fully saturated rings. The van der Waals surface area contributed by atoms with Crippen LogP contribution in [-0.2, 0) is 4.79 Å². The van der Waals surface area contributed by atoms with E-state index in [1.54, 1.807) is 12.1 Å². The number of amides is 1. The van der Waals surface area contributed by atoms with Crippen LogP contribution in [0, 0.1) is 0 Å². The van der Waals surface area contributed by atoms with Crippen molar-refractivity contribution in [1.29, 1.82) is 0 Å². The molecule has 4 nitrogen and oxygen atoms in total. The van der Waals surface area contributed by atoms with Crippen molar-refractivity contribution in [3.63, 3.8) is 0 Å². The first kappa shape index (κ1) is 13.2. The normalized spacial score (nSPS) is 10.5. The minimum atomic E-state index is -0.517. The maximum atomic E-state index is 11.7.